The summed E-state index contributed by atoms with van der Waals surface area (Å²) in [7, 11) is 3.71. The minimum absolute atomic E-state index is 0. The molecule has 0 aliphatic rings. The first-order valence-corrected chi connectivity index (χ1v) is 7.10. The van der Waals surface area contributed by atoms with Gasteiger partial charge in [-0.2, -0.15) is 5.10 Å². The second kappa shape index (κ2) is 8.96. The van der Waals surface area contributed by atoms with Gasteiger partial charge in [-0.25, -0.2) is 0 Å². The predicted molar refractivity (Wildman–Crippen MR) is 94.8 cm³/mol. The summed E-state index contributed by atoms with van der Waals surface area (Å²) >= 11 is 1.74. The third-order valence-corrected chi connectivity index (χ3v) is 3.57. The third-order valence-electron chi connectivity index (χ3n) is 2.70. The Hall–Kier alpha value is -1.09. The summed E-state index contributed by atoms with van der Waals surface area (Å²) in [5.41, 5.74) is 1.23. The van der Waals surface area contributed by atoms with Crippen LogP contribution in [0.15, 0.2) is 34.9 Å². The van der Waals surface area contributed by atoms with Crippen molar-refractivity contribution in [2.75, 3.05) is 13.6 Å². The van der Waals surface area contributed by atoms with Crippen LogP contribution in [0.4, 0.5) is 0 Å². The number of nitrogens with zero attached hydrogens (tertiary/aromatic N) is 3. The van der Waals surface area contributed by atoms with Crippen LogP contribution in [0.2, 0.25) is 0 Å². The molecule has 0 radical (unpaired) electrons. The van der Waals surface area contributed by atoms with E-state index >= 15 is 0 Å². The first-order chi connectivity index (χ1) is 9.28. The van der Waals surface area contributed by atoms with Crippen LogP contribution < -0.4 is 10.6 Å². The quantitative estimate of drug-likeness (QED) is 0.455. The monoisotopic (exact) mass is 405 g/mol. The average Bonchev–Trinajstić information content (AvgIpc) is 3.05. The number of rotatable bonds is 5. The van der Waals surface area contributed by atoms with Gasteiger partial charge in [0.1, 0.15) is 0 Å². The molecule has 0 aliphatic heterocycles. The normalized spacial score (nSPS) is 11.0. The van der Waals surface area contributed by atoms with E-state index in [2.05, 4.69) is 38.2 Å². The molecule has 0 aliphatic carbocycles. The zero-order chi connectivity index (χ0) is 13.5. The highest BCUT2D eigenvalue weighted by Gasteiger charge is 2.00. The molecule has 5 nitrogen and oxygen atoms in total. The van der Waals surface area contributed by atoms with E-state index < -0.39 is 0 Å². The van der Waals surface area contributed by atoms with Gasteiger partial charge in [0.15, 0.2) is 5.96 Å². The van der Waals surface area contributed by atoms with Gasteiger partial charge in [0, 0.05) is 31.7 Å². The number of aliphatic imine (C=N–C) groups is 1. The smallest absolute Gasteiger partial charge is 0.191 e. The van der Waals surface area contributed by atoms with Crippen LogP contribution in [-0.4, -0.2) is 29.3 Å². The second-order valence-corrected chi connectivity index (χ2v) is 5.24. The van der Waals surface area contributed by atoms with Gasteiger partial charge in [0.05, 0.1) is 12.7 Å². The standard InChI is InChI=1S/C13H19N5S.HI/c1-14-13(16-9-12-4-3-7-19-12)15-6-5-11-8-17-18(2)10-11;/h3-4,7-8,10H,5-6,9H2,1-2H3,(H2,14,15,16);1H. The molecule has 0 aromatic carbocycles. The lowest BCUT2D eigenvalue weighted by Crippen LogP contribution is -2.37. The van der Waals surface area contributed by atoms with Crippen molar-refractivity contribution in [2.45, 2.75) is 13.0 Å². The molecule has 110 valence electrons. The van der Waals surface area contributed by atoms with Gasteiger partial charge in [0.25, 0.3) is 0 Å². The molecule has 0 saturated heterocycles. The van der Waals surface area contributed by atoms with E-state index in [0.717, 1.165) is 25.5 Å². The molecular weight excluding hydrogens is 385 g/mol. The molecule has 2 N–H and O–H groups in total. The van der Waals surface area contributed by atoms with Crippen molar-refractivity contribution in [1.29, 1.82) is 0 Å². The Kier molecular flexibility index (Phi) is 7.60. The van der Waals surface area contributed by atoms with E-state index in [1.54, 1.807) is 18.4 Å². The second-order valence-electron chi connectivity index (χ2n) is 4.20. The summed E-state index contributed by atoms with van der Waals surface area (Å²) in [6.45, 7) is 1.65. The van der Waals surface area contributed by atoms with E-state index in [4.69, 9.17) is 0 Å². The van der Waals surface area contributed by atoms with E-state index in [-0.39, 0.29) is 24.0 Å². The number of thiophene rings is 1. The lowest BCUT2D eigenvalue weighted by atomic mass is 10.2. The number of guanidine groups is 1. The van der Waals surface area contributed by atoms with Crippen molar-refractivity contribution < 1.29 is 0 Å². The third kappa shape index (κ3) is 5.49. The summed E-state index contributed by atoms with van der Waals surface area (Å²) < 4.78 is 1.82. The largest absolute Gasteiger partial charge is 0.356 e. The van der Waals surface area contributed by atoms with Crippen LogP contribution in [0.25, 0.3) is 0 Å². The maximum Gasteiger partial charge on any atom is 0.191 e. The SMILES string of the molecule is CN=C(NCCc1cnn(C)c1)NCc1cccs1.I. The highest BCUT2D eigenvalue weighted by molar-refractivity contribution is 14.0. The minimum Gasteiger partial charge on any atom is -0.356 e. The maximum atomic E-state index is 4.20. The van der Waals surface area contributed by atoms with Crippen LogP contribution in [0, 0.1) is 0 Å². The Morgan fingerprint density at radius 3 is 2.90 bits per heavy atom. The Balaban J connectivity index is 0.00000200. The Morgan fingerprint density at radius 1 is 1.45 bits per heavy atom. The van der Waals surface area contributed by atoms with E-state index in [1.165, 1.54) is 10.4 Å². The van der Waals surface area contributed by atoms with Gasteiger partial charge < -0.3 is 10.6 Å². The molecule has 7 heteroatoms. The molecule has 0 atom stereocenters. The average molecular weight is 405 g/mol. The van der Waals surface area contributed by atoms with Crippen molar-refractivity contribution in [3.05, 3.63) is 40.3 Å². The van der Waals surface area contributed by atoms with Crippen molar-refractivity contribution >= 4 is 41.3 Å². The Morgan fingerprint density at radius 2 is 2.30 bits per heavy atom. The molecule has 2 aromatic rings. The first kappa shape index (κ1) is 17.0. The highest BCUT2D eigenvalue weighted by Crippen LogP contribution is 2.07. The topological polar surface area (TPSA) is 54.2 Å². The molecule has 20 heavy (non-hydrogen) atoms. The van der Waals surface area contributed by atoms with Crippen LogP contribution in [-0.2, 0) is 20.0 Å². The molecule has 0 fully saturated rings. The van der Waals surface area contributed by atoms with Gasteiger partial charge in [0.2, 0.25) is 0 Å². The van der Waals surface area contributed by atoms with Crippen LogP contribution in [0.1, 0.15) is 10.4 Å². The molecule has 0 spiro atoms. The zero-order valence-electron chi connectivity index (χ0n) is 11.7. The predicted octanol–water partition coefficient (Wildman–Crippen LogP) is 2.01. The zero-order valence-corrected chi connectivity index (χ0v) is 14.8. The number of halogens is 1. The number of hydrogen-bond acceptors (Lipinski definition) is 3. The fourth-order valence-corrected chi connectivity index (χ4v) is 2.38. The molecular formula is C13H20IN5S. The molecule has 2 rings (SSSR count). The summed E-state index contributed by atoms with van der Waals surface area (Å²) in [6, 6.07) is 4.17. The van der Waals surface area contributed by atoms with Crippen molar-refractivity contribution in [1.82, 2.24) is 20.4 Å². The van der Waals surface area contributed by atoms with E-state index in [9.17, 15) is 0 Å². The van der Waals surface area contributed by atoms with E-state index in [0.29, 0.717) is 0 Å². The van der Waals surface area contributed by atoms with Gasteiger partial charge in [-0.05, 0) is 23.4 Å². The van der Waals surface area contributed by atoms with Gasteiger partial charge >= 0.3 is 0 Å². The van der Waals surface area contributed by atoms with Crippen molar-refractivity contribution in [3.63, 3.8) is 0 Å². The van der Waals surface area contributed by atoms with Crippen LogP contribution in [0.3, 0.4) is 0 Å². The summed E-state index contributed by atoms with van der Waals surface area (Å²) in [4.78, 5) is 5.50. The molecule has 2 heterocycles. The summed E-state index contributed by atoms with van der Waals surface area (Å²) in [5, 5.41) is 12.8. The molecule has 0 saturated carbocycles. The molecule has 0 unspecified atom stereocenters. The Labute approximate surface area is 140 Å². The highest BCUT2D eigenvalue weighted by atomic mass is 127. The lowest BCUT2D eigenvalue weighted by molar-refractivity contribution is 0.765. The van der Waals surface area contributed by atoms with Gasteiger partial charge in [-0.15, -0.1) is 35.3 Å². The first-order valence-electron chi connectivity index (χ1n) is 6.22. The molecule has 0 bridgehead atoms. The number of aromatic nitrogens is 2. The number of nitrogens with one attached hydrogen (secondary N) is 2. The van der Waals surface area contributed by atoms with Crippen LogP contribution >= 0.6 is 35.3 Å². The minimum atomic E-state index is 0. The maximum absolute atomic E-state index is 4.20. The summed E-state index contributed by atoms with van der Waals surface area (Å²) in [5.74, 6) is 0.831. The van der Waals surface area contributed by atoms with Crippen molar-refractivity contribution in [2.24, 2.45) is 12.0 Å². The summed E-state index contributed by atoms with van der Waals surface area (Å²) in [6.07, 6.45) is 4.86. The fourth-order valence-electron chi connectivity index (χ4n) is 1.73. The van der Waals surface area contributed by atoms with Crippen LogP contribution in [0.5, 0.6) is 0 Å². The molecule has 0 amide bonds. The van der Waals surface area contributed by atoms with Gasteiger partial charge in [-0.3, -0.25) is 9.67 Å². The van der Waals surface area contributed by atoms with Crippen molar-refractivity contribution in [3.8, 4) is 0 Å². The lowest BCUT2D eigenvalue weighted by Gasteiger charge is -2.10. The number of aryl methyl sites for hydroxylation is 1. The Bertz CT molecular complexity index is 521. The van der Waals surface area contributed by atoms with E-state index in [1.807, 2.05) is 24.1 Å². The van der Waals surface area contributed by atoms with Gasteiger partial charge in [-0.1, -0.05) is 6.07 Å². The molecule has 2 aromatic heterocycles. The fraction of sp³-hybridized carbons (Fsp3) is 0.385. The number of hydrogen-bond donors (Lipinski definition) is 2.